The minimum absolute atomic E-state index is 0.479. The van der Waals surface area contributed by atoms with Crippen molar-refractivity contribution in [1.82, 2.24) is 4.90 Å². The first kappa shape index (κ1) is 13.2. The summed E-state index contributed by atoms with van der Waals surface area (Å²) < 4.78 is 4.53. The van der Waals surface area contributed by atoms with Crippen LogP contribution in [0.2, 0.25) is 0 Å². The van der Waals surface area contributed by atoms with Crippen LogP contribution in [0.5, 0.6) is 0 Å². The summed E-state index contributed by atoms with van der Waals surface area (Å²) in [6.07, 6.45) is 0.410. The van der Waals surface area contributed by atoms with Crippen molar-refractivity contribution < 1.29 is 14.3 Å². The van der Waals surface area contributed by atoms with E-state index in [1.165, 1.54) is 7.11 Å². The van der Waals surface area contributed by atoms with Crippen LogP contribution in [-0.4, -0.2) is 50.7 Å². The molecule has 1 aromatic rings. The van der Waals surface area contributed by atoms with Crippen molar-refractivity contribution in [2.75, 3.05) is 43.5 Å². The van der Waals surface area contributed by atoms with Gasteiger partial charge in [0.05, 0.1) is 7.11 Å². The Labute approximate surface area is 111 Å². The highest BCUT2D eigenvalue weighted by Gasteiger charge is 2.15. The molecule has 0 atom stereocenters. The normalized spacial score (nSPS) is 15.0. The number of carbonyl (C=O) groups is 2. The predicted molar refractivity (Wildman–Crippen MR) is 72.3 cm³/mol. The number of nitrogens with zero attached hydrogens (tertiary/aromatic N) is 2. The molecule has 1 aromatic carbocycles. The molecule has 1 aliphatic heterocycles. The van der Waals surface area contributed by atoms with Gasteiger partial charge in [-0.05, 0) is 24.3 Å². The molecular weight excluding hydrogens is 246 g/mol. The number of piperazine rings is 1. The summed E-state index contributed by atoms with van der Waals surface area (Å²) in [5.74, 6) is 0. The molecule has 19 heavy (non-hydrogen) atoms. The fourth-order valence-electron chi connectivity index (χ4n) is 2.01. The summed E-state index contributed by atoms with van der Waals surface area (Å²) in [6.45, 7) is 3.13. The van der Waals surface area contributed by atoms with Crippen LogP contribution in [0.1, 0.15) is 0 Å². The lowest BCUT2D eigenvalue weighted by molar-refractivity contribution is -0.118. The predicted octanol–water partition coefficient (Wildman–Crippen LogP) is 1.14. The number of hydrogen-bond acceptors (Lipinski definition) is 4. The Morgan fingerprint density at radius 2 is 1.84 bits per heavy atom. The molecular formula is C13H17N3O3. The van der Waals surface area contributed by atoms with Gasteiger partial charge in [0.25, 0.3) is 0 Å². The minimum Gasteiger partial charge on any atom is -0.453 e. The molecule has 0 aliphatic carbocycles. The molecule has 6 nitrogen and oxygen atoms in total. The van der Waals surface area contributed by atoms with Gasteiger partial charge in [-0.2, -0.15) is 0 Å². The number of hydrogen-bond donors (Lipinski definition) is 1. The summed E-state index contributed by atoms with van der Waals surface area (Å²) >= 11 is 0. The highest BCUT2D eigenvalue weighted by molar-refractivity contribution is 5.84. The molecule has 1 fully saturated rings. The van der Waals surface area contributed by atoms with Crippen LogP contribution < -0.4 is 10.2 Å². The second-order valence-corrected chi connectivity index (χ2v) is 4.29. The maximum absolute atomic E-state index is 11.1. The zero-order valence-corrected chi connectivity index (χ0v) is 10.8. The van der Waals surface area contributed by atoms with Gasteiger partial charge in [-0.15, -0.1) is 0 Å². The van der Waals surface area contributed by atoms with E-state index < -0.39 is 6.09 Å². The van der Waals surface area contributed by atoms with Gasteiger partial charge in [-0.25, -0.2) is 4.79 Å². The third-order valence-electron chi connectivity index (χ3n) is 3.13. The van der Waals surface area contributed by atoms with Gasteiger partial charge in [0, 0.05) is 37.6 Å². The summed E-state index contributed by atoms with van der Waals surface area (Å²) in [4.78, 5) is 25.7. The number of nitrogens with one attached hydrogen (secondary N) is 1. The van der Waals surface area contributed by atoms with Crippen LogP contribution in [-0.2, 0) is 9.53 Å². The van der Waals surface area contributed by atoms with Crippen LogP contribution >= 0.6 is 0 Å². The fraction of sp³-hybridized carbons (Fsp3) is 0.385. The number of rotatable bonds is 3. The number of ether oxygens (including phenoxy) is 1. The second kappa shape index (κ2) is 6.08. The molecule has 1 saturated heterocycles. The van der Waals surface area contributed by atoms with Crippen molar-refractivity contribution in [3.05, 3.63) is 24.3 Å². The molecule has 2 amide bonds. The van der Waals surface area contributed by atoms with Gasteiger partial charge >= 0.3 is 6.09 Å². The Bertz CT molecular complexity index is 439. The van der Waals surface area contributed by atoms with Crippen molar-refractivity contribution >= 4 is 23.9 Å². The largest absolute Gasteiger partial charge is 0.453 e. The zero-order chi connectivity index (χ0) is 13.7. The minimum atomic E-state index is -0.479. The van der Waals surface area contributed by atoms with Crippen LogP contribution in [0.15, 0.2) is 24.3 Å². The van der Waals surface area contributed by atoms with Crippen molar-refractivity contribution in [2.24, 2.45) is 0 Å². The summed E-state index contributed by atoms with van der Waals surface area (Å²) in [5.41, 5.74) is 1.78. The second-order valence-electron chi connectivity index (χ2n) is 4.29. The lowest BCUT2D eigenvalue weighted by atomic mass is 10.2. The van der Waals surface area contributed by atoms with Crippen LogP contribution in [0.4, 0.5) is 16.2 Å². The number of anilines is 2. The first-order chi connectivity index (χ1) is 9.22. The van der Waals surface area contributed by atoms with E-state index in [2.05, 4.69) is 15.0 Å². The molecule has 0 spiro atoms. The maximum Gasteiger partial charge on any atom is 0.411 e. The van der Waals surface area contributed by atoms with Gasteiger partial charge in [-0.1, -0.05) is 0 Å². The van der Waals surface area contributed by atoms with E-state index in [4.69, 9.17) is 0 Å². The van der Waals surface area contributed by atoms with Gasteiger partial charge in [0.1, 0.15) is 0 Å². The van der Waals surface area contributed by atoms with E-state index >= 15 is 0 Å². The van der Waals surface area contributed by atoms with Crippen molar-refractivity contribution in [2.45, 2.75) is 0 Å². The molecule has 0 saturated carbocycles. The van der Waals surface area contributed by atoms with Gasteiger partial charge < -0.3 is 14.5 Å². The molecule has 0 radical (unpaired) electrons. The van der Waals surface area contributed by atoms with E-state index in [-0.39, 0.29) is 0 Å². The third kappa shape index (κ3) is 3.37. The summed E-state index contributed by atoms with van der Waals surface area (Å²) in [7, 11) is 1.33. The van der Waals surface area contributed by atoms with E-state index in [1.807, 2.05) is 24.3 Å². The first-order valence-electron chi connectivity index (χ1n) is 6.12. The maximum atomic E-state index is 11.1. The van der Waals surface area contributed by atoms with Crippen LogP contribution in [0.3, 0.4) is 0 Å². The third-order valence-corrected chi connectivity index (χ3v) is 3.13. The highest BCUT2D eigenvalue weighted by atomic mass is 16.5. The zero-order valence-electron chi connectivity index (χ0n) is 10.8. The number of carbonyl (C=O) groups excluding carboxylic acids is 2. The highest BCUT2D eigenvalue weighted by Crippen LogP contribution is 2.19. The van der Waals surface area contributed by atoms with Crippen LogP contribution in [0, 0.1) is 0 Å². The van der Waals surface area contributed by atoms with Crippen molar-refractivity contribution in [1.29, 1.82) is 0 Å². The lowest BCUT2D eigenvalue weighted by Gasteiger charge is -2.34. The SMILES string of the molecule is COC(=O)Nc1ccc(N2CCN(C=O)CC2)cc1. The first-order valence-corrected chi connectivity index (χ1v) is 6.12. The number of amides is 2. The summed E-state index contributed by atoms with van der Waals surface area (Å²) in [5, 5.41) is 2.60. The van der Waals surface area contributed by atoms with Gasteiger partial charge in [0.2, 0.25) is 6.41 Å². The molecule has 6 heteroatoms. The van der Waals surface area contributed by atoms with Crippen molar-refractivity contribution in [3.8, 4) is 0 Å². The van der Waals surface area contributed by atoms with Gasteiger partial charge in [0.15, 0.2) is 0 Å². The van der Waals surface area contributed by atoms with E-state index in [1.54, 1.807) is 4.90 Å². The monoisotopic (exact) mass is 263 g/mol. The Morgan fingerprint density at radius 3 is 2.37 bits per heavy atom. The summed E-state index contributed by atoms with van der Waals surface area (Å²) in [6, 6.07) is 7.56. The average molecular weight is 263 g/mol. The molecule has 1 aliphatic rings. The lowest BCUT2D eigenvalue weighted by Crippen LogP contribution is -2.45. The topological polar surface area (TPSA) is 61.9 Å². The molecule has 0 bridgehead atoms. The molecule has 2 rings (SSSR count). The standard InChI is InChI=1S/C13H17N3O3/c1-19-13(18)14-11-2-4-12(5-3-11)16-8-6-15(10-17)7-9-16/h2-5,10H,6-9H2,1H3,(H,14,18). The molecule has 1 heterocycles. The fourth-order valence-corrected chi connectivity index (χ4v) is 2.01. The smallest absolute Gasteiger partial charge is 0.411 e. The van der Waals surface area contributed by atoms with Crippen LogP contribution in [0.25, 0.3) is 0 Å². The average Bonchev–Trinajstić information content (AvgIpc) is 2.48. The Kier molecular flexibility index (Phi) is 4.22. The van der Waals surface area contributed by atoms with E-state index in [0.29, 0.717) is 5.69 Å². The number of methoxy groups -OCH3 is 1. The molecule has 0 unspecified atom stereocenters. The number of benzene rings is 1. The van der Waals surface area contributed by atoms with Gasteiger partial charge in [-0.3, -0.25) is 10.1 Å². The van der Waals surface area contributed by atoms with E-state index in [0.717, 1.165) is 38.3 Å². The Morgan fingerprint density at radius 1 is 1.21 bits per heavy atom. The molecule has 102 valence electrons. The van der Waals surface area contributed by atoms with Crippen molar-refractivity contribution in [3.63, 3.8) is 0 Å². The molecule has 1 N–H and O–H groups in total. The van der Waals surface area contributed by atoms with E-state index in [9.17, 15) is 9.59 Å². The molecule has 0 aromatic heterocycles. The Hall–Kier alpha value is -2.24. The Balaban J connectivity index is 1.95. The quantitative estimate of drug-likeness (QED) is 0.831.